The summed E-state index contributed by atoms with van der Waals surface area (Å²) in [4.78, 5) is 11.1. The van der Waals surface area contributed by atoms with Gasteiger partial charge in [-0.15, -0.1) is 0 Å². The lowest BCUT2D eigenvalue weighted by atomic mass is 9.97. The molecule has 0 radical (unpaired) electrons. The van der Waals surface area contributed by atoms with Crippen LogP contribution in [0.25, 0.3) is 11.1 Å². The molecule has 0 saturated carbocycles. The molecule has 0 heterocycles. The van der Waals surface area contributed by atoms with Crippen molar-refractivity contribution < 1.29 is 14.8 Å². The molecule has 0 saturated heterocycles. The Bertz CT molecular complexity index is 969. The van der Waals surface area contributed by atoms with Gasteiger partial charge in [-0.25, -0.2) is 0 Å². The smallest absolute Gasteiger partial charge is 0.312 e. The van der Waals surface area contributed by atoms with Gasteiger partial charge in [0.05, 0.1) is 16.9 Å². The van der Waals surface area contributed by atoms with Crippen molar-refractivity contribution in [2.75, 3.05) is 7.11 Å². The lowest BCUT2D eigenvalue weighted by Gasteiger charge is -2.11. The first kappa shape index (κ1) is 17.6. The molecule has 6 heteroatoms. The number of thiocarbonyl (C=S) groups is 1. The molecule has 3 rings (SSSR count). The van der Waals surface area contributed by atoms with E-state index in [1.807, 2.05) is 30.3 Å². The van der Waals surface area contributed by atoms with Crippen molar-refractivity contribution in [3.8, 4) is 22.6 Å². The normalized spacial score (nSPS) is 10.3. The number of nitrogens with zero attached hydrogens (tertiary/aromatic N) is 1. The molecule has 0 aromatic heterocycles. The van der Waals surface area contributed by atoms with Gasteiger partial charge in [0.25, 0.3) is 0 Å². The molecule has 0 fully saturated rings. The van der Waals surface area contributed by atoms with Gasteiger partial charge in [-0.3, -0.25) is 10.1 Å². The van der Waals surface area contributed by atoms with E-state index in [1.165, 1.54) is 6.07 Å². The maximum Gasteiger partial charge on any atom is 0.312 e. The topological polar surface area (TPSA) is 72.6 Å². The summed E-state index contributed by atoms with van der Waals surface area (Å²) in [6, 6.07) is 19.2. The molecule has 0 amide bonds. The van der Waals surface area contributed by atoms with Gasteiger partial charge in [0.1, 0.15) is 5.75 Å². The second-order valence-electron chi connectivity index (χ2n) is 5.57. The Balaban J connectivity index is 2.14. The Kier molecular flexibility index (Phi) is 4.95. The number of rotatable bonds is 5. The number of phenols is 1. The molecular formula is C20H15NO4S. The number of phenolic OH excluding ortho intramolecular Hbond substituents is 1. The van der Waals surface area contributed by atoms with Crippen LogP contribution < -0.4 is 4.74 Å². The highest BCUT2D eigenvalue weighted by Crippen LogP contribution is 2.36. The first-order chi connectivity index (χ1) is 12.5. The Morgan fingerprint density at radius 2 is 1.69 bits per heavy atom. The second kappa shape index (κ2) is 7.33. The van der Waals surface area contributed by atoms with Gasteiger partial charge in [0.15, 0.2) is 0 Å². The summed E-state index contributed by atoms with van der Waals surface area (Å²) in [5.74, 6) is 0.236. The van der Waals surface area contributed by atoms with Gasteiger partial charge in [-0.2, -0.15) is 0 Å². The third-order valence-electron chi connectivity index (χ3n) is 3.99. The summed E-state index contributed by atoms with van der Waals surface area (Å²) in [5, 5.41) is 21.8. The molecule has 0 unspecified atom stereocenters. The number of nitro benzene ring substituents is 1. The average Bonchev–Trinajstić information content (AvgIpc) is 2.68. The first-order valence-electron chi connectivity index (χ1n) is 7.77. The Morgan fingerprint density at radius 1 is 1.04 bits per heavy atom. The lowest BCUT2D eigenvalue weighted by molar-refractivity contribution is -0.385. The molecule has 0 atom stereocenters. The van der Waals surface area contributed by atoms with Crippen LogP contribution in [-0.2, 0) is 0 Å². The standard InChI is InChI=1S/C20H15NO4S/c1-25-16-9-7-14(8-10-16)20(26)17-11-15(13-5-3-2-4-6-13)12-18(19(17)22)21(23)24/h2-12,22H,1H3. The fourth-order valence-corrected chi connectivity index (χ4v) is 2.92. The zero-order chi connectivity index (χ0) is 18.7. The SMILES string of the molecule is COc1ccc(C(=S)c2cc(-c3ccccc3)cc([N+](=O)[O-])c2O)cc1. The second-order valence-corrected chi connectivity index (χ2v) is 5.98. The van der Waals surface area contributed by atoms with Crippen molar-refractivity contribution in [3.05, 3.63) is 88.0 Å². The minimum Gasteiger partial charge on any atom is -0.502 e. The summed E-state index contributed by atoms with van der Waals surface area (Å²) in [6.07, 6.45) is 0. The third-order valence-corrected chi connectivity index (χ3v) is 4.45. The van der Waals surface area contributed by atoms with Gasteiger partial charge < -0.3 is 9.84 Å². The zero-order valence-electron chi connectivity index (χ0n) is 13.9. The first-order valence-corrected chi connectivity index (χ1v) is 8.17. The highest BCUT2D eigenvalue weighted by molar-refractivity contribution is 7.81. The highest BCUT2D eigenvalue weighted by Gasteiger charge is 2.22. The molecule has 130 valence electrons. The third kappa shape index (κ3) is 3.41. The van der Waals surface area contributed by atoms with Crippen LogP contribution in [0, 0.1) is 10.1 Å². The summed E-state index contributed by atoms with van der Waals surface area (Å²) in [5.41, 5.74) is 1.95. The highest BCUT2D eigenvalue weighted by atomic mass is 32.1. The number of aromatic hydroxyl groups is 1. The maximum absolute atomic E-state index is 11.4. The summed E-state index contributed by atoms with van der Waals surface area (Å²) in [7, 11) is 1.56. The summed E-state index contributed by atoms with van der Waals surface area (Å²) >= 11 is 5.49. The Morgan fingerprint density at radius 3 is 2.27 bits per heavy atom. The van der Waals surface area contributed by atoms with E-state index in [0.717, 1.165) is 5.56 Å². The minimum absolute atomic E-state index is 0.248. The van der Waals surface area contributed by atoms with E-state index < -0.39 is 10.7 Å². The van der Waals surface area contributed by atoms with E-state index in [9.17, 15) is 15.2 Å². The van der Waals surface area contributed by atoms with Gasteiger partial charge in [0.2, 0.25) is 5.75 Å². The Labute approximate surface area is 155 Å². The molecule has 3 aromatic carbocycles. The number of benzene rings is 3. The number of methoxy groups -OCH3 is 1. The molecule has 0 aliphatic heterocycles. The fourth-order valence-electron chi connectivity index (χ4n) is 2.63. The van der Waals surface area contributed by atoms with Crippen molar-refractivity contribution >= 4 is 22.8 Å². The average molecular weight is 365 g/mol. The van der Waals surface area contributed by atoms with Crippen LogP contribution in [-0.4, -0.2) is 22.0 Å². The van der Waals surface area contributed by atoms with Crippen LogP contribution >= 0.6 is 12.2 Å². The lowest BCUT2D eigenvalue weighted by Crippen LogP contribution is -2.03. The molecule has 0 aliphatic carbocycles. The molecule has 0 aliphatic rings. The van der Waals surface area contributed by atoms with Crippen LogP contribution in [0.4, 0.5) is 5.69 Å². The van der Waals surface area contributed by atoms with E-state index in [-0.39, 0.29) is 11.3 Å². The predicted octanol–water partition coefficient (Wildman–Crippen LogP) is 4.74. The van der Waals surface area contributed by atoms with E-state index in [2.05, 4.69) is 0 Å². The molecule has 0 spiro atoms. The molecular weight excluding hydrogens is 350 g/mol. The summed E-state index contributed by atoms with van der Waals surface area (Å²) in [6.45, 7) is 0. The van der Waals surface area contributed by atoms with E-state index in [1.54, 1.807) is 37.4 Å². The molecule has 3 aromatic rings. The summed E-state index contributed by atoms with van der Waals surface area (Å²) < 4.78 is 5.12. The van der Waals surface area contributed by atoms with Crippen LogP contribution in [0.2, 0.25) is 0 Å². The van der Waals surface area contributed by atoms with Gasteiger partial charge in [-0.1, -0.05) is 42.5 Å². The van der Waals surface area contributed by atoms with Crippen LogP contribution in [0.15, 0.2) is 66.7 Å². The molecule has 1 N–H and O–H groups in total. The number of hydrogen-bond acceptors (Lipinski definition) is 5. The minimum atomic E-state index is -0.609. The van der Waals surface area contributed by atoms with Crippen molar-refractivity contribution in [1.82, 2.24) is 0 Å². The number of hydrogen-bond donors (Lipinski definition) is 1. The van der Waals surface area contributed by atoms with Crippen LogP contribution in [0.3, 0.4) is 0 Å². The predicted molar refractivity (Wildman–Crippen MR) is 104 cm³/mol. The van der Waals surface area contributed by atoms with Gasteiger partial charge in [-0.05, 0) is 47.0 Å². The van der Waals surface area contributed by atoms with Crippen molar-refractivity contribution in [3.63, 3.8) is 0 Å². The quantitative estimate of drug-likeness (QED) is 0.306. The van der Waals surface area contributed by atoms with Gasteiger partial charge in [0, 0.05) is 11.6 Å². The van der Waals surface area contributed by atoms with Crippen molar-refractivity contribution in [2.24, 2.45) is 0 Å². The number of ether oxygens (including phenoxy) is 1. The largest absolute Gasteiger partial charge is 0.502 e. The molecule has 0 bridgehead atoms. The maximum atomic E-state index is 11.4. The molecule has 5 nitrogen and oxygen atoms in total. The zero-order valence-corrected chi connectivity index (χ0v) is 14.7. The van der Waals surface area contributed by atoms with Crippen molar-refractivity contribution in [2.45, 2.75) is 0 Å². The van der Waals surface area contributed by atoms with E-state index >= 15 is 0 Å². The van der Waals surface area contributed by atoms with Crippen molar-refractivity contribution in [1.29, 1.82) is 0 Å². The Hall–Kier alpha value is -3.25. The number of nitro groups is 1. The van der Waals surface area contributed by atoms with Gasteiger partial charge >= 0.3 is 5.69 Å². The van der Waals surface area contributed by atoms with E-state index in [0.29, 0.717) is 21.7 Å². The van der Waals surface area contributed by atoms with E-state index in [4.69, 9.17) is 17.0 Å². The monoisotopic (exact) mass is 365 g/mol. The fraction of sp³-hybridized carbons (Fsp3) is 0.0500. The molecule has 26 heavy (non-hydrogen) atoms. The van der Waals surface area contributed by atoms with Crippen LogP contribution in [0.1, 0.15) is 11.1 Å². The van der Waals surface area contributed by atoms with Crippen LogP contribution in [0.5, 0.6) is 11.5 Å².